The van der Waals surface area contributed by atoms with Crippen LogP contribution in [0.1, 0.15) is 11.1 Å². The van der Waals surface area contributed by atoms with Crippen molar-refractivity contribution in [2.45, 2.75) is 12.8 Å². The van der Waals surface area contributed by atoms with Crippen LogP contribution in [0, 0.1) is 22.7 Å². The third kappa shape index (κ3) is 2.56. The molecule has 0 aromatic heterocycles. The van der Waals surface area contributed by atoms with E-state index in [9.17, 15) is 5.26 Å². The van der Waals surface area contributed by atoms with Crippen LogP contribution in [0.25, 0.3) is 43.1 Å². The summed E-state index contributed by atoms with van der Waals surface area (Å²) in [6.07, 6.45) is 0.646. The molecule has 0 bridgehead atoms. The van der Waals surface area contributed by atoms with E-state index >= 15 is 0 Å². The molecule has 5 rings (SSSR count). The summed E-state index contributed by atoms with van der Waals surface area (Å²) in [6.45, 7) is 0. The molecule has 2 heteroatoms. The van der Waals surface area contributed by atoms with Gasteiger partial charge in [0.05, 0.1) is 25.0 Å². The van der Waals surface area contributed by atoms with Gasteiger partial charge in [0, 0.05) is 0 Å². The Labute approximate surface area is 162 Å². The Morgan fingerprint density at radius 3 is 1.68 bits per heavy atom. The van der Waals surface area contributed by atoms with Gasteiger partial charge in [0.15, 0.2) is 0 Å². The topological polar surface area (TPSA) is 47.6 Å². The van der Waals surface area contributed by atoms with Crippen LogP contribution in [0.5, 0.6) is 0 Å². The highest BCUT2D eigenvalue weighted by molar-refractivity contribution is 6.08. The van der Waals surface area contributed by atoms with Crippen molar-refractivity contribution in [2.75, 3.05) is 0 Å². The van der Waals surface area contributed by atoms with Gasteiger partial charge in [0.2, 0.25) is 0 Å². The molecule has 0 aliphatic rings. The molecule has 0 saturated heterocycles. The molecule has 130 valence electrons. The van der Waals surface area contributed by atoms with Gasteiger partial charge < -0.3 is 0 Å². The predicted octanol–water partition coefficient (Wildman–Crippen LogP) is 6.43. The molecule has 2 nitrogen and oxygen atoms in total. The average molecular weight is 356 g/mol. The lowest BCUT2D eigenvalue weighted by Gasteiger charge is -2.11. The summed E-state index contributed by atoms with van der Waals surface area (Å²) in [5.41, 5.74) is 1.92. The second kappa shape index (κ2) is 6.38. The van der Waals surface area contributed by atoms with Crippen molar-refractivity contribution < 1.29 is 0 Å². The van der Waals surface area contributed by atoms with Gasteiger partial charge in [0.1, 0.15) is 0 Å². The average Bonchev–Trinajstić information content (AvgIpc) is 2.71. The number of hydrogen-bond donors (Lipinski definition) is 0. The zero-order chi connectivity index (χ0) is 19.1. The highest BCUT2D eigenvalue weighted by Crippen LogP contribution is 2.32. The highest BCUT2D eigenvalue weighted by atomic mass is 14.3. The van der Waals surface area contributed by atoms with Crippen molar-refractivity contribution in [3.63, 3.8) is 0 Å². The van der Waals surface area contributed by atoms with Crippen LogP contribution in [0.2, 0.25) is 0 Å². The summed E-state index contributed by atoms with van der Waals surface area (Å²) >= 11 is 0. The van der Waals surface area contributed by atoms with E-state index in [1.807, 2.05) is 6.07 Å². The minimum absolute atomic E-state index is 0.318. The maximum absolute atomic E-state index is 9.29. The fourth-order valence-electron chi connectivity index (χ4n) is 4.16. The largest absolute Gasteiger partial charge is 0.198 e. The summed E-state index contributed by atoms with van der Waals surface area (Å²) in [4.78, 5) is 0. The highest BCUT2D eigenvalue weighted by Gasteiger charge is 2.10. The van der Waals surface area contributed by atoms with Crippen LogP contribution in [0.15, 0.2) is 72.8 Å². The van der Waals surface area contributed by atoms with Crippen molar-refractivity contribution in [3.05, 3.63) is 83.9 Å². The molecular weight excluding hydrogens is 340 g/mol. The zero-order valence-electron chi connectivity index (χ0n) is 15.2. The molecule has 0 N–H and O–H groups in total. The molecule has 0 saturated carbocycles. The van der Waals surface area contributed by atoms with E-state index in [-0.39, 0.29) is 0 Å². The molecule has 0 aliphatic carbocycles. The van der Waals surface area contributed by atoms with Gasteiger partial charge in [-0.3, -0.25) is 0 Å². The van der Waals surface area contributed by atoms with Crippen LogP contribution in [-0.2, 0) is 12.8 Å². The molecule has 5 aromatic carbocycles. The van der Waals surface area contributed by atoms with E-state index in [4.69, 9.17) is 5.26 Å². The standard InChI is InChI=1S/C26H16N2/c27-9-7-17-5-6-20-13-23-14-21-11-18-3-1-2-4-19(18)12-22(21)15-24(23)16-26(20)25(17)8-10-28/h1-6,11-16H,7-8H2. The lowest BCUT2D eigenvalue weighted by molar-refractivity contribution is 1.17. The van der Waals surface area contributed by atoms with E-state index in [1.54, 1.807) is 0 Å². The fraction of sp³-hybridized carbons (Fsp3) is 0.0769. The Hall–Kier alpha value is -3.88. The van der Waals surface area contributed by atoms with E-state index in [0.29, 0.717) is 12.8 Å². The summed E-state index contributed by atoms with van der Waals surface area (Å²) in [6, 6.07) is 30.2. The van der Waals surface area contributed by atoms with Crippen molar-refractivity contribution in [1.29, 1.82) is 10.5 Å². The van der Waals surface area contributed by atoms with E-state index < -0.39 is 0 Å². The zero-order valence-corrected chi connectivity index (χ0v) is 15.2. The van der Waals surface area contributed by atoms with E-state index in [1.165, 1.54) is 26.9 Å². The number of hydrogen-bond acceptors (Lipinski definition) is 2. The number of benzene rings is 5. The van der Waals surface area contributed by atoms with Crippen molar-refractivity contribution in [1.82, 2.24) is 0 Å². The normalized spacial score (nSPS) is 11.1. The Morgan fingerprint density at radius 2 is 1.07 bits per heavy atom. The fourth-order valence-corrected chi connectivity index (χ4v) is 4.16. The van der Waals surface area contributed by atoms with Gasteiger partial charge in [-0.15, -0.1) is 0 Å². The molecule has 0 radical (unpaired) electrons. The molecule has 0 amide bonds. The lowest BCUT2D eigenvalue weighted by Crippen LogP contribution is -1.94. The minimum Gasteiger partial charge on any atom is -0.198 e. The van der Waals surface area contributed by atoms with Crippen LogP contribution in [-0.4, -0.2) is 0 Å². The number of rotatable bonds is 2. The molecule has 0 atom stereocenters. The molecule has 28 heavy (non-hydrogen) atoms. The first kappa shape index (κ1) is 16.3. The molecular formula is C26H16N2. The van der Waals surface area contributed by atoms with Crippen LogP contribution < -0.4 is 0 Å². The Morgan fingerprint density at radius 1 is 0.536 bits per heavy atom. The SMILES string of the molecule is N#CCc1ccc2cc3cc4cc5ccccc5cc4cc3cc2c1CC#N. The second-order valence-corrected chi connectivity index (χ2v) is 7.19. The first-order chi connectivity index (χ1) is 13.8. The molecule has 0 spiro atoms. The molecule has 0 fully saturated rings. The van der Waals surface area contributed by atoms with Crippen molar-refractivity contribution in [2.24, 2.45) is 0 Å². The maximum Gasteiger partial charge on any atom is 0.0670 e. The monoisotopic (exact) mass is 356 g/mol. The van der Waals surface area contributed by atoms with Crippen LogP contribution in [0.3, 0.4) is 0 Å². The van der Waals surface area contributed by atoms with Gasteiger partial charge in [0.25, 0.3) is 0 Å². The minimum atomic E-state index is 0.318. The number of nitrogens with zero attached hydrogens (tertiary/aromatic N) is 2. The van der Waals surface area contributed by atoms with E-state index in [2.05, 4.69) is 78.9 Å². The van der Waals surface area contributed by atoms with Gasteiger partial charge >= 0.3 is 0 Å². The third-order valence-corrected chi connectivity index (χ3v) is 5.53. The predicted molar refractivity (Wildman–Crippen MR) is 115 cm³/mol. The van der Waals surface area contributed by atoms with Gasteiger partial charge in [-0.1, -0.05) is 36.4 Å². The number of nitriles is 2. The molecule has 5 aromatic rings. The van der Waals surface area contributed by atoms with Crippen molar-refractivity contribution in [3.8, 4) is 12.1 Å². The van der Waals surface area contributed by atoms with Gasteiger partial charge in [-0.25, -0.2) is 0 Å². The summed E-state index contributed by atoms with van der Waals surface area (Å²) in [5, 5.41) is 27.9. The molecule has 0 unspecified atom stereocenters. The summed E-state index contributed by atoms with van der Waals surface area (Å²) in [7, 11) is 0. The first-order valence-corrected chi connectivity index (χ1v) is 9.31. The first-order valence-electron chi connectivity index (χ1n) is 9.31. The quantitative estimate of drug-likeness (QED) is 0.342. The van der Waals surface area contributed by atoms with E-state index in [0.717, 1.165) is 27.3 Å². The van der Waals surface area contributed by atoms with Crippen LogP contribution >= 0.6 is 0 Å². The summed E-state index contributed by atoms with van der Waals surface area (Å²) in [5.74, 6) is 0. The molecule has 0 aliphatic heterocycles. The van der Waals surface area contributed by atoms with Crippen LogP contribution in [0.4, 0.5) is 0 Å². The Bertz CT molecular complexity index is 1480. The smallest absolute Gasteiger partial charge is 0.0670 e. The molecule has 0 heterocycles. The lowest BCUT2D eigenvalue weighted by atomic mass is 9.92. The van der Waals surface area contributed by atoms with Gasteiger partial charge in [-0.05, 0) is 90.6 Å². The van der Waals surface area contributed by atoms with Gasteiger partial charge in [-0.2, -0.15) is 10.5 Å². The Balaban J connectivity index is 1.84. The third-order valence-electron chi connectivity index (χ3n) is 5.53. The maximum atomic E-state index is 9.29. The van der Waals surface area contributed by atoms with Crippen molar-refractivity contribution >= 4 is 43.1 Å². The second-order valence-electron chi connectivity index (χ2n) is 7.19. The summed E-state index contributed by atoms with van der Waals surface area (Å²) < 4.78 is 0. The number of fused-ring (bicyclic) bond motifs is 4. The Kier molecular flexibility index (Phi) is 3.71.